The van der Waals surface area contributed by atoms with Crippen LogP contribution in [0.2, 0.25) is 0 Å². The number of carbonyl (C=O) groups is 2. The molecule has 8 heteroatoms. The quantitative estimate of drug-likeness (QED) is 0.444. The summed E-state index contributed by atoms with van der Waals surface area (Å²) >= 11 is 0. The van der Waals surface area contributed by atoms with E-state index >= 15 is 0 Å². The van der Waals surface area contributed by atoms with Crippen molar-refractivity contribution in [1.29, 1.82) is 0 Å². The predicted molar refractivity (Wildman–Crippen MR) is 129 cm³/mol. The average molecular weight is 475 g/mol. The first-order valence-corrected chi connectivity index (χ1v) is 12.7. The maximum absolute atomic E-state index is 12.7. The van der Waals surface area contributed by atoms with Gasteiger partial charge in [0.2, 0.25) is 5.91 Å². The number of fused-ring (bicyclic) bond motifs is 1. The van der Waals surface area contributed by atoms with Gasteiger partial charge >= 0.3 is 0 Å². The fourth-order valence-electron chi connectivity index (χ4n) is 6.49. The van der Waals surface area contributed by atoms with E-state index in [1.54, 1.807) is 0 Å². The van der Waals surface area contributed by atoms with Gasteiger partial charge in [-0.3, -0.25) is 20.9 Å². The van der Waals surface area contributed by atoms with E-state index in [0.29, 0.717) is 12.5 Å². The zero-order valence-corrected chi connectivity index (χ0v) is 19.6. The fraction of sp³-hybridized carbons (Fsp3) is 0.481. The molecule has 184 valence electrons. The lowest BCUT2D eigenvalue weighted by Gasteiger charge is -2.46. The normalized spacial score (nSPS) is 36.2. The molecule has 2 aromatic rings. The van der Waals surface area contributed by atoms with E-state index in [-0.39, 0.29) is 41.5 Å². The molecule has 2 saturated heterocycles. The standard InChI is InChI=1S/C27H33N5O3/c33-25-22-21(15-28-32-25)30-23(18-4-2-1-3-5-18)31-24(22)29-19-8-6-16(7-9-19)17-10-12-27(13-11-17)14-20(27)26(34)35/h1-9,17,20-24,28-31H,10-15H2,(H,32,33)(H,34,35)/p-1. The zero-order valence-electron chi connectivity index (χ0n) is 19.6. The molecule has 0 bridgehead atoms. The number of hydrogen-bond donors (Lipinski definition) is 5. The number of hydrogen-bond acceptors (Lipinski definition) is 7. The van der Waals surface area contributed by atoms with Crippen molar-refractivity contribution in [2.24, 2.45) is 17.3 Å². The number of nitrogens with one attached hydrogen (secondary N) is 5. The molecule has 2 aromatic carbocycles. The number of aliphatic carboxylic acids is 1. The van der Waals surface area contributed by atoms with E-state index in [9.17, 15) is 14.7 Å². The third-order valence-electron chi connectivity index (χ3n) is 8.65. The summed E-state index contributed by atoms with van der Waals surface area (Å²) < 4.78 is 0. The Bertz CT molecular complexity index is 1080. The third kappa shape index (κ3) is 4.30. The van der Waals surface area contributed by atoms with E-state index in [1.807, 2.05) is 18.2 Å². The second-order valence-corrected chi connectivity index (χ2v) is 10.6. The molecule has 2 saturated carbocycles. The summed E-state index contributed by atoms with van der Waals surface area (Å²) in [5.74, 6) is -0.932. The summed E-state index contributed by atoms with van der Waals surface area (Å²) in [7, 11) is 0. The molecule has 0 aromatic heterocycles. The van der Waals surface area contributed by atoms with Gasteiger partial charge in [0.05, 0.1) is 18.2 Å². The molecule has 2 aliphatic carbocycles. The van der Waals surface area contributed by atoms with E-state index in [4.69, 9.17) is 0 Å². The van der Waals surface area contributed by atoms with E-state index in [2.05, 4.69) is 63.2 Å². The Morgan fingerprint density at radius 2 is 1.71 bits per heavy atom. The number of hydrazine groups is 1. The van der Waals surface area contributed by atoms with Gasteiger partial charge < -0.3 is 15.2 Å². The van der Waals surface area contributed by atoms with Crippen molar-refractivity contribution in [2.45, 2.75) is 56.4 Å². The highest BCUT2D eigenvalue weighted by molar-refractivity contribution is 5.81. The highest BCUT2D eigenvalue weighted by atomic mass is 16.4. The molecule has 1 amide bonds. The van der Waals surface area contributed by atoms with Crippen LogP contribution in [-0.2, 0) is 9.59 Å². The van der Waals surface area contributed by atoms with Crippen molar-refractivity contribution >= 4 is 17.6 Å². The fourth-order valence-corrected chi connectivity index (χ4v) is 6.49. The number of amides is 1. The van der Waals surface area contributed by atoms with Crippen molar-refractivity contribution in [3.05, 3.63) is 65.7 Å². The van der Waals surface area contributed by atoms with Crippen LogP contribution in [-0.4, -0.2) is 30.6 Å². The van der Waals surface area contributed by atoms with Crippen molar-refractivity contribution in [2.75, 3.05) is 11.9 Å². The molecule has 0 radical (unpaired) electrons. The third-order valence-corrected chi connectivity index (χ3v) is 8.65. The van der Waals surface area contributed by atoms with Gasteiger partial charge in [0.1, 0.15) is 0 Å². The van der Waals surface area contributed by atoms with E-state index in [1.165, 1.54) is 5.56 Å². The van der Waals surface area contributed by atoms with Gasteiger partial charge in [-0.05, 0) is 66.7 Å². The molecular formula is C27H32N5O3-. The Kier molecular flexibility index (Phi) is 5.75. The van der Waals surface area contributed by atoms with Gasteiger partial charge in [-0.1, -0.05) is 42.5 Å². The van der Waals surface area contributed by atoms with Gasteiger partial charge in [-0.15, -0.1) is 0 Å². The molecule has 4 aliphatic rings. The lowest BCUT2D eigenvalue weighted by Crippen LogP contribution is -2.71. The zero-order chi connectivity index (χ0) is 24.0. The van der Waals surface area contributed by atoms with E-state index in [0.717, 1.165) is 43.4 Å². The molecule has 6 rings (SSSR count). The lowest BCUT2D eigenvalue weighted by molar-refractivity contribution is -0.309. The lowest BCUT2D eigenvalue weighted by atomic mass is 9.76. The van der Waals surface area contributed by atoms with E-state index < -0.39 is 5.97 Å². The van der Waals surface area contributed by atoms with Crippen LogP contribution >= 0.6 is 0 Å². The predicted octanol–water partition coefficient (Wildman–Crippen LogP) is 1.35. The Morgan fingerprint density at radius 3 is 2.40 bits per heavy atom. The largest absolute Gasteiger partial charge is 0.550 e. The summed E-state index contributed by atoms with van der Waals surface area (Å²) in [6.07, 6.45) is 4.51. The van der Waals surface area contributed by atoms with Crippen LogP contribution in [0.4, 0.5) is 5.69 Å². The first-order chi connectivity index (χ1) is 17.0. The molecule has 8 nitrogen and oxygen atoms in total. The number of benzene rings is 2. The average Bonchev–Trinajstić information content (AvgIpc) is 3.59. The maximum atomic E-state index is 12.7. The van der Waals surface area contributed by atoms with Gasteiger partial charge in [-0.2, -0.15) is 0 Å². The Morgan fingerprint density at radius 1 is 0.971 bits per heavy atom. The van der Waals surface area contributed by atoms with Crippen molar-refractivity contribution in [3.8, 4) is 0 Å². The van der Waals surface area contributed by atoms with Crippen LogP contribution in [0.1, 0.15) is 55.3 Å². The minimum atomic E-state index is -0.871. The summed E-state index contributed by atoms with van der Waals surface area (Å²) in [5.41, 5.74) is 9.19. The Labute approximate surface area is 205 Å². The summed E-state index contributed by atoms with van der Waals surface area (Å²) in [4.78, 5) is 24.0. The topological polar surface area (TPSA) is 117 Å². The van der Waals surface area contributed by atoms with Crippen molar-refractivity contribution in [3.63, 3.8) is 0 Å². The summed E-state index contributed by atoms with van der Waals surface area (Å²) in [6, 6.07) is 18.7. The van der Waals surface area contributed by atoms with Crippen molar-refractivity contribution in [1.82, 2.24) is 21.5 Å². The van der Waals surface area contributed by atoms with Gasteiger partial charge in [0.15, 0.2) is 0 Å². The summed E-state index contributed by atoms with van der Waals surface area (Å²) in [6.45, 7) is 0.653. The van der Waals surface area contributed by atoms with Crippen LogP contribution in [0.25, 0.3) is 0 Å². The second-order valence-electron chi connectivity index (χ2n) is 10.6. The number of carbonyl (C=O) groups excluding carboxylic acids is 2. The maximum Gasteiger partial charge on any atom is 0.242 e. The van der Waals surface area contributed by atoms with Gasteiger partial charge in [-0.25, -0.2) is 5.43 Å². The summed E-state index contributed by atoms with van der Waals surface area (Å²) in [5, 5.41) is 22.0. The van der Waals surface area contributed by atoms with Crippen LogP contribution in [0.3, 0.4) is 0 Å². The van der Waals surface area contributed by atoms with Gasteiger partial charge in [0.25, 0.3) is 0 Å². The number of carboxylic acid groups (broad SMARTS) is 1. The number of carboxylic acids is 1. The van der Waals surface area contributed by atoms with Crippen LogP contribution in [0.15, 0.2) is 54.6 Å². The van der Waals surface area contributed by atoms with Crippen LogP contribution < -0.4 is 31.9 Å². The Hall–Kier alpha value is -2.94. The highest BCUT2D eigenvalue weighted by Gasteiger charge is 2.55. The van der Waals surface area contributed by atoms with Crippen molar-refractivity contribution < 1.29 is 14.7 Å². The smallest absolute Gasteiger partial charge is 0.242 e. The molecule has 5 N–H and O–H groups in total. The van der Waals surface area contributed by atoms with Crippen LogP contribution in [0.5, 0.6) is 0 Å². The first kappa shape index (κ1) is 22.5. The SMILES string of the molecule is O=C1NNCC2NC(c3ccccc3)NC(Nc3ccc(C4CCC5(CC4)CC5C(=O)[O-])cc3)C12. The Balaban J connectivity index is 1.14. The monoisotopic (exact) mass is 474 g/mol. The minimum absolute atomic E-state index is 0.00575. The molecule has 2 heterocycles. The molecule has 35 heavy (non-hydrogen) atoms. The molecule has 1 spiro atoms. The highest BCUT2D eigenvalue weighted by Crippen LogP contribution is 2.62. The molecule has 2 aliphatic heterocycles. The molecule has 4 fully saturated rings. The molecule has 5 unspecified atom stereocenters. The number of anilines is 1. The first-order valence-electron chi connectivity index (χ1n) is 12.7. The number of rotatable bonds is 5. The van der Waals surface area contributed by atoms with Gasteiger partial charge in [0, 0.05) is 30.2 Å². The molecular weight excluding hydrogens is 442 g/mol. The minimum Gasteiger partial charge on any atom is -0.550 e. The van der Waals surface area contributed by atoms with Crippen LogP contribution in [0, 0.1) is 17.3 Å². The second kappa shape index (κ2) is 8.93. The molecule has 5 atom stereocenters.